The lowest BCUT2D eigenvalue weighted by Gasteiger charge is -2.09. The first-order chi connectivity index (χ1) is 12.0. The molecule has 0 aliphatic carbocycles. The number of halogens is 1. The first-order valence-corrected chi connectivity index (χ1v) is 8.86. The minimum atomic E-state index is -0.626. The predicted molar refractivity (Wildman–Crippen MR) is 100 cm³/mol. The highest BCUT2D eigenvalue weighted by Crippen LogP contribution is 2.17. The Kier molecular flexibility index (Phi) is 5.38. The number of ether oxygens (including phenoxy) is 1. The van der Waals surface area contributed by atoms with E-state index in [1.54, 1.807) is 18.2 Å². The fourth-order valence-electron chi connectivity index (χ4n) is 2.67. The van der Waals surface area contributed by atoms with Crippen LogP contribution < -0.4 is 16.1 Å². The lowest BCUT2D eigenvalue weighted by atomic mass is 10.2. The standard InChI is InChI=1S/C19H18BrNO4/c1-13-5-4-6-15(11-13)24-10-3-2-9-21-17-8-7-14(20)12-16(17)18(22)25-19(21)23/h4-8,11-12H,2-3,9-10H2,1H3. The van der Waals surface area contributed by atoms with Gasteiger partial charge in [0.05, 0.1) is 17.5 Å². The first kappa shape index (κ1) is 17.5. The topological polar surface area (TPSA) is 61.4 Å². The number of nitrogens with zero attached hydrogens (tertiary/aromatic N) is 1. The maximum Gasteiger partial charge on any atom is 0.422 e. The molecule has 0 radical (unpaired) electrons. The zero-order valence-electron chi connectivity index (χ0n) is 13.8. The molecule has 0 bridgehead atoms. The number of rotatable bonds is 6. The zero-order chi connectivity index (χ0) is 17.8. The zero-order valence-corrected chi connectivity index (χ0v) is 15.4. The van der Waals surface area contributed by atoms with Crippen molar-refractivity contribution in [2.24, 2.45) is 0 Å². The van der Waals surface area contributed by atoms with Crippen molar-refractivity contribution in [1.82, 2.24) is 4.57 Å². The summed E-state index contributed by atoms with van der Waals surface area (Å²) < 4.78 is 12.8. The minimum Gasteiger partial charge on any atom is -0.494 e. The Bertz CT molecular complexity index is 1010. The summed E-state index contributed by atoms with van der Waals surface area (Å²) in [7, 11) is 0. The number of aromatic nitrogens is 1. The van der Waals surface area contributed by atoms with Gasteiger partial charge in [-0.15, -0.1) is 0 Å². The van der Waals surface area contributed by atoms with Crippen molar-refractivity contribution >= 4 is 26.8 Å². The largest absolute Gasteiger partial charge is 0.494 e. The van der Waals surface area contributed by atoms with E-state index < -0.39 is 11.4 Å². The van der Waals surface area contributed by atoms with E-state index in [2.05, 4.69) is 15.9 Å². The Morgan fingerprint density at radius 1 is 1.12 bits per heavy atom. The molecule has 0 aliphatic rings. The van der Waals surface area contributed by atoms with Gasteiger partial charge in [0.15, 0.2) is 0 Å². The van der Waals surface area contributed by atoms with E-state index in [1.807, 2.05) is 31.2 Å². The van der Waals surface area contributed by atoms with E-state index in [0.29, 0.717) is 24.1 Å². The van der Waals surface area contributed by atoms with E-state index in [1.165, 1.54) is 4.57 Å². The number of hydrogen-bond donors (Lipinski definition) is 0. The summed E-state index contributed by atoms with van der Waals surface area (Å²) in [4.78, 5) is 23.9. The molecule has 130 valence electrons. The van der Waals surface area contributed by atoms with Crippen LogP contribution in [0.2, 0.25) is 0 Å². The van der Waals surface area contributed by atoms with Crippen molar-refractivity contribution < 1.29 is 9.15 Å². The molecule has 0 saturated carbocycles. The third kappa shape index (κ3) is 4.20. The molecule has 3 aromatic rings. The first-order valence-electron chi connectivity index (χ1n) is 8.07. The number of unbranched alkanes of at least 4 members (excludes halogenated alkanes) is 1. The van der Waals surface area contributed by atoms with Crippen LogP contribution in [0.15, 0.2) is 60.9 Å². The van der Waals surface area contributed by atoms with Crippen molar-refractivity contribution in [3.05, 3.63) is 73.5 Å². The Labute approximate surface area is 153 Å². The Morgan fingerprint density at radius 2 is 1.96 bits per heavy atom. The molecule has 0 aliphatic heterocycles. The van der Waals surface area contributed by atoms with Crippen molar-refractivity contribution in [3.8, 4) is 5.75 Å². The fourth-order valence-corrected chi connectivity index (χ4v) is 3.03. The minimum absolute atomic E-state index is 0.394. The summed E-state index contributed by atoms with van der Waals surface area (Å²) in [5.74, 6) is 0.220. The summed E-state index contributed by atoms with van der Waals surface area (Å²) in [6.07, 6.45) is 1.53. The van der Waals surface area contributed by atoms with Crippen LogP contribution in [0.4, 0.5) is 0 Å². The molecule has 0 N–H and O–H groups in total. The normalized spacial score (nSPS) is 11.0. The van der Waals surface area contributed by atoms with Crippen LogP contribution in [-0.4, -0.2) is 11.2 Å². The molecule has 2 aromatic carbocycles. The maximum absolute atomic E-state index is 12.0. The maximum atomic E-state index is 12.0. The Hall–Kier alpha value is -2.34. The predicted octanol–water partition coefficient (Wildman–Crippen LogP) is 3.88. The molecular weight excluding hydrogens is 386 g/mol. The summed E-state index contributed by atoms with van der Waals surface area (Å²) in [6, 6.07) is 13.1. The van der Waals surface area contributed by atoms with E-state index in [0.717, 1.165) is 28.6 Å². The molecule has 0 atom stereocenters. The SMILES string of the molecule is Cc1cccc(OCCCCn2c(=O)oc(=O)c3cc(Br)ccc32)c1. The molecule has 0 saturated heterocycles. The van der Waals surface area contributed by atoms with Gasteiger partial charge in [0.25, 0.3) is 0 Å². The third-order valence-electron chi connectivity index (χ3n) is 3.90. The summed E-state index contributed by atoms with van der Waals surface area (Å²) in [6.45, 7) is 3.06. The highest BCUT2D eigenvalue weighted by Gasteiger charge is 2.09. The average Bonchev–Trinajstić information content (AvgIpc) is 2.57. The number of hydrogen-bond acceptors (Lipinski definition) is 4. The summed E-state index contributed by atoms with van der Waals surface area (Å²) >= 11 is 3.33. The van der Waals surface area contributed by atoms with Gasteiger partial charge in [-0.25, -0.2) is 9.59 Å². The van der Waals surface area contributed by atoms with E-state index >= 15 is 0 Å². The molecule has 0 spiro atoms. The van der Waals surface area contributed by atoms with Gasteiger partial charge in [-0.3, -0.25) is 4.57 Å². The Balaban J connectivity index is 1.65. The van der Waals surface area contributed by atoms with Crippen LogP contribution in [-0.2, 0) is 6.54 Å². The van der Waals surface area contributed by atoms with Gasteiger partial charge in [0.1, 0.15) is 5.75 Å². The van der Waals surface area contributed by atoms with Crippen LogP contribution in [0, 0.1) is 6.92 Å². The van der Waals surface area contributed by atoms with Gasteiger partial charge in [-0.1, -0.05) is 28.1 Å². The molecule has 25 heavy (non-hydrogen) atoms. The second kappa shape index (κ2) is 7.70. The summed E-state index contributed by atoms with van der Waals surface area (Å²) in [5.41, 5.74) is 1.13. The molecule has 1 aromatic heterocycles. The van der Waals surface area contributed by atoms with Gasteiger partial charge in [-0.05, 0) is 55.7 Å². The van der Waals surface area contributed by atoms with Crippen LogP contribution in [0.1, 0.15) is 18.4 Å². The molecule has 6 heteroatoms. The molecule has 1 heterocycles. The highest BCUT2D eigenvalue weighted by atomic mass is 79.9. The van der Waals surface area contributed by atoms with Crippen molar-refractivity contribution in [2.45, 2.75) is 26.3 Å². The van der Waals surface area contributed by atoms with Gasteiger partial charge in [0.2, 0.25) is 0 Å². The smallest absolute Gasteiger partial charge is 0.422 e. The van der Waals surface area contributed by atoms with Gasteiger partial charge < -0.3 is 9.15 Å². The molecular formula is C19H18BrNO4. The van der Waals surface area contributed by atoms with Crippen molar-refractivity contribution in [3.63, 3.8) is 0 Å². The monoisotopic (exact) mass is 403 g/mol. The quantitative estimate of drug-likeness (QED) is 0.585. The van der Waals surface area contributed by atoms with E-state index in [-0.39, 0.29) is 0 Å². The number of fused-ring (bicyclic) bond motifs is 1. The highest BCUT2D eigenvalue weighted by molar-refractivity contribution is 9.10. The van der Waals surface area contributed by atoms with Crippen LogP contribution >= 0.6 is 15.9 Å². The summed E-state index contributed by atoms with van der Waals surface area (Å²) in [5, 5.41) is 0.394. The van der Waals surface area contributed by atoms with Gasteiger partial charge in [-0.2, -0.15) is 0 Å². The number of benzene rings is 2. The third-order valence-corrected chi connectivity index (χ3v) is 4.40. The lowest BCUT2D eigenvalue weighted by molar-refractivity contribution is 0.300. The van der Waals surface area contributed by atoms with Crippen LogP contribution in [0.3, 0.4) is 0 Å². The molecule has 0 amide bonds. The van der Waals surface area contributed by atoms with Crippen molar-refractivity contribution in [1.29, 1.82) is 0 Å². The lowest BCUT2D eigenvalue weighted by Crippen LogP contribution is -2.25. The molecule has 0 fully saturated rings. The number of aryl methyl sites for hydroxylation is 2. The molecule has 0 unspecified atom stereocenters. The van der Waals surface area contributed by atoms with E-state index in [9.17, 15) is 9.59 Å². The van der Waals surface area contributed by atoms with Crippen LogP contribution in [0.25, 0.3) is 10.9 Å². The molecule has 5 nitrogen and oxygen atoms in total. The fraction of sp³-hybridized carbons (Fsp3) is 0.263. The average molecular weight is 404 g/mol. The molecule has 3 rings (SSSR count). The van der Waals surface area contributed by atoms with Gasteiger partial charge >= 0.3 is 11.4 Å². The van der Waals surface area contributed by atoms with Crippen LogP contribution in [0.5, 0.6) is 5.75 Å². The second-order valence-corrected chi connectivity index (χ2v) is 6.76. The van der Waals surface area contributed by atoms with Crippen molar-refractivity contribution in [2.75, 3.05) is 6.61 Å². The van der Waals surface area contributed by atoms with Gasteiger partial charge in [0, 0.05) is 11.0 Å². The second-order valence-electron chi connectivity index (χ2n) is 5.84. The Morgan fingerprint density at radius 3 is 2.76 bits per heavy atom. The van der Waals surface area contributed by atoms with E-state index in [4.69, 9.17) is 9.15 Å².